The molecule has 1 fully saturated rings. The zero-order chi connectivity index (χ0) is 16.4. The predicted octanol–water partition coefficient (Wildman–Crippen LogP) is 1.50. The van der Waals surface area contributed by atoms with Gasteiger partial charge in [-0.1, -0.05) is 6.92 Å². The average Bonchev–Trinajstić information content (AvgIpc) is 3.12. The molecule has 0 unspecified atom stereocenters. The number of oxazole rings is 1. The second kappa shape index (κ2) is 6.16. The van der Waals surface area contributed by atoms with Crippen LogP contribution < -0.4 is 10.6 Å². The zero-order valence-electron chi connectivity index (χ0n) is 13.8. The van der Waals surface area contributed by atoms with Crippen molar-refractivity contribution in [3.63, 3.8) is 0 Å². The van der Waals surface area contributed by atoms with Crippen molar-refractivity contribution in [2.75, 3.05) is 19.6 Å². The summed E-state index contributed by atoms with van der Waals surface area (Å²) in [6.45, 7) is 6.63. The number of carbonyl (C=O) groups excluding carboxylic acids is 1. The number of hydrogen-bond donors (Lipinski definition) is 2. The van der Waals surface area contributed by atoms with Gasteiger partial charge in [-0.25, -0.2) is 4.98 Å². The van der Waals surface area contributed by atoms with Crippen molar-refractivity contribution in [3.05, 3.63) is 23.8 Å². The van der Waals surface area contributed by atoms with E-state index in [4.69, 9.17) is 4.42 Å². The van der Waals surface area contributed by atoms with Gasteiger partial charge in [-0.3, -0.25) is 9.48 Å². The maximum atomic E-state index is 12.4. The largest absolute Gasteiger partial charge is 0.440 e. The molecule has 1 amide bonds. The lowest BCUT2D eigenvalue weighted by Gasteiger charge is -2.34. The number of nitrogens with zero attached hydrogens (tertiary/aromatic N) is 3. The Balaban J connectivity index is 1.69. The molecule has 1 aliphatic heterocycles. The number of piperidine rings is 1. The summed E-state index contributed by atoms with van der Waals surface area (Å²) in [6.07, 6.45) is 5.60. The van der Waals surface area contributed by atoms with Crippen LogP contribution in [0.4, 0.5) is 0 Å². The number of aromatic nitrogens is 3. The average molecular weight is 317 g/mol. The first-order valence-corrected chi connectivity index (χ1v) is 7.92. The van der Waals surface area contributed by atoms with Gasteiger partial charge in [0, 0.05) is 19.8 Å². The van der Waals surface area contributed by atoms with Gasteiger partial charge in [0.2, 0.25) is 5.89 Å². The van der Waals surface area contributed by atoms with E-state index in [0.717, 1.165) is 31.5 Å². The number of aryl methyl sites for hydroxylation is 2. The van der Waals surface area contributed by atoms with Crippen LogP contribution in [0, 0.1) is 12.3 Å². The van der Waals surface area contributed by atoms with Gasteiger partial charge in [0.15, 0.2) is 5.69 Å². The molecule has 3 rings (SSSR count). The zero-order valence-corrected chi connectivity index (χ0v) is 13.8. The Kier molecular flexibility index (Phi) is 4.21. The molecule has 2 aromatic rings. The van der Waals surface area contributed by atoms with E-state index in [-0.39, 0.29) is 11.3 Å². The van der Waals surface area contributed by atoms with Crippen molar-refractivity contribution < 1.29 is 9.21 Å². The first-order valence-electron chi connectivity index (χ1n) is 7.92. The molecule has 7 nitrogen and oxygen atoms in total. The minimum atomic E-state index is -0.179. The lowest BCUT2D eigenvalue weighted by Crippen LogP contribution is -2.43. The molecule has 3 heterocycles. The van der Waals surface area contributed by atoms with Crippen LogP contribution in [0.25, 0.3) is 11.5 Å². The van der Waals surface area contributed by atoms with E-state index in [2.05, 4.69) is 27.6 Å². The highest BCUT2D eigenvalue weighted by molar-refractivity contribution is 5.93. The Labute approximate surface area is 135 Å². The molecule has 7 heteroatoms. The highest BCUT2D eigenvalue weighted by Crippen LogP contribution is 2.27. The molecule has 2 aromatic heterocycles. The van der Waals surface area contributed by atoms with E-state index in [1.807, 2.05) is 13.2 Å². The molecule has 1 aliphatic rings. The van der Waals surface area contributed by atoms with Crippen molar-refractivity contribution in [2.24, 2.45) is 12.5 Å². The summed E-state index contributed by atoms with van der Waals surface area (Å²) in [5.41, 5.74) is 1.26. The Morgan fingerprint density at radius 3 is 2.87 bits per heavy atom. The summed E-state index contributed by atoms with van der Waals surface area (Å²) in [4.78, 5) is 16.8. The fourth-order valence-electron chi connectivity index (χ4n) is 2.85. The quantitative estimate of drug-likeness (QED) is 0.893. The molecule has 0 atom stereocenters. The molecule has 0 saturated carbocycles. The van der Waals surface area contributed by atoms with Crippen LogP contribution in [0.5, 0.6) is 0 Å². The summed E-state index contributed by atoms with van der Waals surface area (Å²) >= 11 is 0. The third-order valence-electron chi connectivity index (χ3n) is 4.45. The minimum absolute atomic E-state index is 0.144. The van der Waals surface area contributed by atoms with Crippen molar-refractivity contribution >= 4 is 5.91 Å². The van der Waals surface area contributed by atoms with Gasteiger partial charge in [-0.15, -0.1) is 0 Å². The number of nitrogens with one attached hydrogen (secondary N) is 2. The van der Waals surface area contributed by atoms with E-state index in [1.54, 1.807) is 17.8 Å². The first kappa shape index (κ1) is 15.7. The van der Waals surface area contributed by atoms with Crippen molar-refractivity contribution in [3.8, 4) is 11.5 Å². The normalized spacial score (nSPS) is 17.2. The highest BCUT2D eigenvalue weighted by Gasteiger charge is 2.28. The Morgan fingerprint density at radius 2 is 2.22 bits per heavy atom. The van der Waals surface area contributed by atoms with Crippen LogP contribution in [0.3, 0.4) is 0 Å². The summed E-state index contributed by atoms with van der Waals surface area (Å²) in [5.74, 6) is 0.770. The molecular formula is C16H23N5O2. The minimum Gasteiger partial charge on any atom is -0.440 e. The third-order valence-corrected chi connectivity index (χ3v) is 4.45. The molecule has 2 N–H and O–H groups in total. The van der Waals surface area contributed by atoms with Crippen LogP contribution in [-0.2, 0) is 7.05 Å². The Morgan fingerprint density at radius 1 is 1.48 bits per heavy atom. The molecule has 1 saturated heterocycles. The topological polar surface area (TPSA) is 85.0 Å². The first-order chi connectivity index (χ1) is 11.0. The molecule has 0 aliphatic carbocycles. The maximum absolute atomic E-state index is 12.4. The maximum Gasteiger partial charge on any atom is 0.273 e. The van der Waals surface area contributed by atoms with Gasteiger partial charge in [0.25, 0.3) is 5.91 Å². The number of hydrogen-bond acceptors (Lipinski definition) is 5. The second-order valence-corrected chi connectivity index (χ2v) is 6.57. The van der Waals surface area contributed by atoms with E-state index < -0.39 is 0 Å². The van der Waals surface area contributed by atoms with Crippen LogP contribution in [-0.4, -0.2) is 40.3 Å². The van der Waals surface area contributed by atoms with Crippen LogP contribution in [0.15, 0.2) is 16.8 Å². The molecule has 0 aromatic carbocycles. The molecule has 0 bridgehead atoms. The summed E-state index contributed by atoms with van der Waals surface area (Å²) in [6, 6.07) is 0. The SMILES string of the molecule is Cc1oc(-c2cnn(C)c2)nc1C(=O)NCC1(C)CCNCC1. The number of rotatable bonds is 4. The smallest absolute Gasteiger partial charge is 0.273 e. The van der Waals surface area contributed by atoms with E-state index >= 15 is 0 Å². The van der Waals surface area contributed by atoms with Gasteiger partial charge in [0.1, 0.15) is 5.76 Å². The molecule has 0 spiro atoms. The second-order valence-electron chi connectivity index (χ2n) is 6.57. The summed E-state index contributed by atoms with van der Waals surface area (Å²) in [5, 5.41) is 10.4. The van der Waals surface area contributed by atoms with Crippen LogP contribution in [0.2, 0.25) is 0 Å². The lowest BCUT2D eigenvalue weighted by atomic mass is 9.81. The fraction of sp³-hybridized carbons (Fsp3) is 0.562. The molecule has 124 valence electrons. The summed E-state index contributed by atoms with van der Waals surface area (Å²) < 4.78 is 7.29. The number of amides is 1. The molecular weight excluding hydrogens is 294 g/mol. The van der Waals surface area contributed by atoms with Crippen molar-refractivity contribution in [1.29, 1.82) is 0 Å². The van der Waals surface area contributed by atoms with Gasteiger partial charge in [-0.2, -0.15) is 5.10 Å². The Hall–Kier alpha value is -2.15. The van der Waals surface area contributed by atoms with Crippen molar-refractivity contribution in [2.45, 2.75) is 26.7 Å². The predicted molar refractivity (Wildman–Crippen MR) is 86.0 cm³/mol. The van der Waals surface area contributed by atoms with Crippen LogP contribution >= 0.6 is 0 Å². The van der Waals surface area contributed by atoms with Gasteiger partial charge in [0.05, 0.1) is 11.8 Å². The Bertz CT molecular complexity index is 697. The standard InChI is InChI=1S/C16H23N5O2/c1-11-13(20-15(23-11)12-8-19-21(3)9-12)14(22)18-10-16(2)4-6-17-7-5-16/h8-9,17H,4-7,10H2,1-3H3,(H,18,22). The van der Waals surface area contributed by atoms with E-state index in [1.165, 1.54) is 0 Å². The number of carbonyl (C=O) groups is 1. The van der Waals surface area contributed by atoms with Gasteiger partial charge >= 0.3 is 0 Å². The highest BCUT2D eigenvalue weighted by atomic mass is 16.4. The fourth-order valence-corrected chi connectivity index (χ4v) is 2.85. The van der Waals surface area contributed by atoms with Gasteiger partial charge in [-0.05, 0) is 38.3 Å². The molecule has 23 heavy (non-hydrogen) atoms. The summed E-state index contributed by atoms with van der Waals surface area (Å²) in [7, 11) is 1.83. The van der Waals surface area contributed by atoms with Gasteiger partial charge < -0.3 is 15.1 Å². The lowest BCUT2D eigenvalue weighted by molar-refractivity contribution is 0.0916. The van der Waals surface area contributed by atoms with Crippen LogP contribution in [0.1, 0.15) is 36.0 Å². The van der Waals surface area contributed by atoms with E-state index in [0.29, 0.717) is 23.9 Å². The molecule has 0 radical (unpaired) electrons. The third kappa shape index (κ3) is 3.44. The van der Waals surface area contributed by atoms with E-state index in [9.17, 15) is 4.79 Å². The van der Waals surface area contributed by atoms with Crippen molar-refractivity contribution in [1.82, 2.24) is 25.4 Å². The monoisotopic (exact) mass is 317 g/mol.